The van der Waals surface area contributed by atoms with E-state index in [1.165, 1.54) is 0 Å². The van der Waals surface area contributed by atoms with Crippen LogP contribution in [-0.2, 0) is 38.3 Å². The summed E-state index contributed by atoms with van der Waals surface area (Å²) >= 11 is 6.87. The van der Waals surface area contributed by atoms with Crippen molar-refractivity contribution in [3.8, 4) is 23.0 Å². The third-order valence-electron chi connectivity index (χ3n) is 10.1. The first-order chi connectivity index (χ1) is 24.0. The van der Waals surface area contributed by atoms with Gasteiger partial charge in [0.15, 0.2) is 20.1 Å². The lowest BCUT2D eigenvalue weighted by molar-refractivity contribution is 0.0105. The molecule has 0 saturated carbocycles. The highest BCUT2D eigenvalue weighted by atomic mass is 35.5. The van der Waals surface area contributed by atoms with E-state index in [1.807, 2.05) is 66.5 Å². The number of benzene rings is 1. The maximum atomic E-state index is 12.5. The number of rotatable bonds is 8. The van der Waals surface area contributed by atoms with Crippen molar-refractivity contribution in [3.05, 3.63) is 65.5 Å². The molecular formula is C37H47ClN6O6Si. The van der Waals surface area contributed by atoms with E-state index in [0.29, 0.717) is 55.2 Å². The molecule has 4 aromatic rings. The number of halogens is 1. The average molecular weight is 735 g/mol. The molecule has 7 rings (SSSR count). The zero-order valence-corrected chi connectivity index (χ0v) is 32.4. The number of aromatic nitrogens is 5. The summed E-state index contributed by atoms with van der Waals surface area (Å²) in [6.07, 6.45) is 2.47. The highest BCUT2D eigenvalue weighted by Crippen LogP contribution is 2.41. The molecule has 3 aliphatic heterocycles. The van der Waals surface area contributed by atoms with Crippen molar-refractivity contribution in [2.45, 2.75) is 109 Å². The van der Waals surface area contributed by atoms with Gasteiger partial charge in [-0.1, -0.05) is 50.6 Å². The van der Waals surface area contributed by atoms with Crippen molar-refractivity contribution in [1.82, 2.24) is 29.2 Å². The van der Waals surface area contributed by atoms with Crippen LogP contribution in [-0.4, -0.2) is 86.9 Å². The smallest absolute Gasteiger partial charge is 0.410 e. The van der Waals surface area contributed by atoms with E-state index in [-0.39, 0.29) is 35.5 Å². The number of hydrogen-bond acceptors (Lipinski definition) is 9. The number of pyridine rings is 1. The van der Waals surface area contributed by atoms with Gasteiger partial charge >= 0.3 is 6.09 Å². The van der Waals surface area contributed by atoms with Crippen molar-refractivity contribution < 1.29 is 28.2 Å². The SMILES string of the molecule is C=CCn1c(O[C@@H]2CO[C@H]3[C@@H]2OC[C@H]3O[Si](C)(C)C(C)(C)C)nc2nc(-c3ccc(-n4cc5c(n4)CN(C(=O)OC(C)(C)C)C5)cc3)c(Cl)cc21. The minimum absolute atomic E-state index is 0.0823. The molecule has 1 aromatic carbocycles. The summed E-state index contributed by atoms with van der Waals surface area (Å²) in [6, 6.07) is 10.1. The van der Waals surface area contributed by atoms with Gasteiger partial charge in [-0.15, -0.1) is 6.58 Å². The monoisotopic (exact) mass is 734 g/mol. The largest absolute Gasteiger partial charge is 0.456 e. The fourth-order valence-electron chi connectivity index (χ4n) is 6.44. The number of allylic oxidation sites excluding steroid dienone is 1. The lowest BCUT2D eigenvalue weighted by Gasteiger charge is -2.39. The third-order valence-corrected chi connectivity index (χ3v) is 14.9. The van der Waals surface area contributed by atoms with Crippen LogP contribution in [0.1, 0.15) is 52.8 Å². The maximum Gasteiger partial charge on any atom is 0.410 e. The Hall–Kier alpha value is -3.75. The van der Waals surface area contributed by atoms with Gasteiger partial charge in [-0.3, -0.25) is 9.47 Å². The first kappa shape index (κ1) is 35.6. The first-order valence-electron chi connectivity index (χ1n) is 17.4. The quantitative estimate of drug-likeness (QED) is 0.136. The van der Waals surface area contributed by atoms with Crippen LogP contribution >= 0.6 is 11.6 Å². The second-order valence-electron chi connectivity index (χ2n) is 16.1. The molecular weight excluding hydrogens is 688 g/mol. The highest BCUT2D eigenvalue weighted by Gasteiger charge is 2.52. The minimum atomic E-state index is -2.01. The fraction of sp³-hybridized carbons (Fsp3) is 0.514. The van der Waals surface area contributed by atoms with Crippen LogP contribution in [0, 0.1) is 0 Å². The third kappa shape index (κ3) is 6.94. The van der Waals surface area contributed by atoms with E-state index < -0.39 is 13.9 Å². The summed E-state index contributed by atoms with van der Waals surface area (Å²) in [4.78, 5) is 23.9. The van der Waals surface area contributed by atoms with Gasteiger partial charge in [-0.05, 0) is 57.1 Å². The van der Waals surface area contributed by atoms with Gasteiger partial charge < -0.3 is 23.4 Å². The number of fused-ring (bicyclic) bond motifs is 3. The van der Waals surface area contributed by atoms with Crippen LogP contribution in [0.5, 0.6) is 6.01 Å². The molecule has 0 aliphatic carbocycles. The summed E-state index contributed by atoms with van der Waals surface area (Å²) in [7, 11) is -2.01. The summed E-state index contributed by atoms with van der Waals surface area (Å²) in [6.45, 7) is 22.9. The molecule has 3 aliphatic rings. The number of carbonyl (C=O) groups is 1. The number of ether oxygens (including phenoxy) is 4. The van der Waals surface area contributed by atoms with Gasteiger partial charge in [-0.2, -0.15) is 10.1 Å². The molecule has 3 aromatic heterocycles. The van der Waals surface area contributed by atoms with Crippen LogP contribution in [0.15, 0.2) is 49.2 Å². The summed E-state index contributed by atoms with van der Waals surface area (Å²) in [5.41, 5.74) is 4.87. The molecule has 0 bridgehead atoms. The van der Waals surface area contributed by atoms with Crippen LogP contribution in [0.2, 0.25) is 23.2 Å². The zero-order chi connectivity index (χ0) is 36.5. The molecule has 0 spiro atoms. The molecule has 14 heteroatoms. The molecule has 4 atom stereocenters. The first-order valence-corrected chi connectivity index (χ1v) is 20.7. The maximum absolute atomic E-state index is 12.5. The van der Waals surface area contributed by atoms with Gasteiger partial charge in [0.2, 0.25) is 0 Å². The Balaban J connectivity index is 1.07. The van der Waals surface area contributed by atoms with Crippen LogP contribution in [0.4, 0.5) is 4.79 Å². The average Bonchev–Trinajstić information content (AvgIpc) is 3.85. The summed E-state index contributed by atoms with van der Waals surface area (Å²) in [5.74, 6) is 0. The highest BCUT2D eigenvalue weighted by molar-refractivity contribution is 6.74. The van der Waals surface area contributed by atoms with Gasteiger partial charge in [0, 0.05) is 23.9 Å². The Bertz CT molecular complexity index is 1940. The number of nitrogens with zero attached hydrogens (tertiary/aromatic N) is 6. The van der Waals surface area contributed by atoms with E-state index in [4.69, 9.17) is 50.0 Å². The Kier molecular flexibility index (Phi) is 9.11. The predicted molar refractivity (Wildman–Crippen MR) is 197 cm³/mol. The Morgan fingerprint density at radius 3 is 2.37 bits per heavy atom. The second-order valence-corrected chi connectivity index (χ2v) is 21.2. The molecule has 0 radical (unpaired) electrons. The fourth-order valence-corrected chi connectivity index (χ4v) is 8.00. The topological polar surface area (TPSA) is 115 Å². The van der Waals surface area contributed by atoms with E-state index >= 15 is 0 Å². The number of imidazole rings is 1. The van der Waals surface area contributed by atoms with Crippen LogP contribution < -0.4 is 4.74 Å². The normalized spacial score (nSPS) is 22.0. The molecule has 51 heavy (non-hydrogen) atoms. The van der Waals surface area contributed by atoms with Crippen molar-refractivity contribution in [3.63, 3.8) is 0 Å². The lowest BCUT2D eigenvalue weighted by Crippen LogP contribution is -2.47. The summed E-state index contributed by atoms with van der Waals surface area (Å²) in [5, 5.41) is 5.31. The van der Waals surface area contributed by atoms with Gasteiger partial charge in [0.05, 0.1) is 60.0 Å². The Morgan fingerprint density at radius 1 is 1.04 bits per heavy atom. The predicted octanol–water partition coefficient (Wildman–Crippen LogP) is 7.31. The molecule has 1 amide bonds. The van der Waals surface area contributed by atoms with E-state index in [1.54, 1.807) is 11.0 Å². The minimum Gasteiger partial charge on any atom is -0.456 e. The van der Waals surface area contributed by atoms with Gasteiger partial charge in [0.25, 0.3) is 6.01 Å². The Labute approximate surface area is 304 Å². The Morgan fingerprint density at radius 2 is 1.73 bits per heavy atom. The molecule has 0 N–H and O–H groups in total. The van der Waals surface area contributed by atoms with Crippen molar-refractivity contribution in [1.29, 1.82) is 0 Å². The van der Waals surface area contributed by atoms with Crippen LogP contribution in [0.3, 0.4) is 0 Å². The molecule has 12 nitrogen and oxygen atoms in total. The van der Waals surface area contributed by atoms with Crippen molar-refractivity contribution in [2.24, 2.45) is 0 Å². The molecule has 2 fully saturated rings. The van der Waals surface area contributed by atoms with Crippen molar-refractivity contribution >= 4 is 37.2 Å². The molecule has 272 valence electrons. The number of amides is 1. The lowest BCUT2D eigenvalue weighted by atomic mass is 10.1. The van der Waals surface area contributed by atoms with Crippen molar-refractivity contribution in [2.75, 3.05) is 13.2 Å². The van der Waals surface area contributed by atoms with Crippen LogP contribution in [0.25, 0.3) is 28.1 Å². The van der Waals surface area contributed by atoms with Gasteiger partial charge in [-0.25, -0.2) is 14.5 Å². The van der Waals surface area contributed by atoms with Gasteiger partial charge in [0.1, 0.15) is 17.8 Å². The number of hydrogen-bond donors (Lipinski definition) is 0. The van der Waals surface area contributed by atoms with E-state index in [0.717, 1.165) is 28.0 Å². The molecule has 0 unspecified atom stereocenters. The second kappa shape index (κ2) is 13.0. The zero-order valence-electron chi connectivity index (χ0n) is 30.6. The standard InChI is InChI=1S/C37H47ClN6O6Si/c1-10-15-43-27-16-25(38)30(22-11-13-24(14-12-22)44-18-23-17-42(19-26(23)41-44)35(45)49-36(2,3)4)39-33(27)40-34(43)48-28-20-46-32-29(21-47-31(28)32)50-51(8,9)37(5,6)7/h10-14,16,18,28-29,31-32H,1,15,17,19-21H2,2-9H3/t28-,29-,31-,32-/m1/s1. The molecule has 6 heterocycles. The summed E-state index contributed by atoms with van der Waals surface area (Å²) < 4.78 is 34.9. The van der Waals surface area contributed by atoms with E-state index in [9.17, 15) is 4.79 Å². The molecule has 2 saturated heterocycles. The number of carbonyl (C=O) groups excluding carboxylic acids is 1. The van der Waals surface area contributed by atoms with E-state index in [2.05, 4.69) is 40.4 Å².